The van der Waals surface area contributed by atoms with Crippen LogP contribution in [0.4, 0.5) is 0 Å². The van der Waals surface area contributed by atoms with E-state index in [1.807, 2.05) is 0 Å². The van der Waals surface area contributed by atoms with Gasteiger partial charge in [-0.1, -0.05) is 12.6 Å². The molecule has 1 heterocycles. The van der Waals surface area contributed by atoms with E-state index in [1.165, 1.54) is 0 Å². The Morgan fingerprint density at radius 3 is 2.17 bits per heavy atom. The molecule has 1 saturated heterocycles. The van der Waals surface area contributed by atoms with E-state index in [4.69, 9.17) is 20.1 Å². The zero-order valence-electron chi connectivity index (χ0n) is 6.20. The number of hydrogen-bond acceptors (Lipinski definition) is 5. The third-order valence-electron chi connectivity index (χ3n) is 1.85. The van der Waals surface area contributed by atoms with Crippen LogP contribution in [0.3, 0.4) is 0 Å². The minimum Gasteiger partial charge on any atom is -0.394 e. The lowest BCUT2D eigenvalue weighted by molar-refractivity contribution is -0.205. The van der Waals surface area contributed by atoms with Crippen LogP contribution in [0.1, 0.15) is 0 Å². The average molecular weight is 195 g/mol. The van der Waals surface area contributed by atoms with Gasteiger partial charge in [-0.05, 0) is 0 Å². The first-order valence-electron chi connectivity index (χ1n) is 3.54. The average Bonchev–Trinajstić information content (AvgIpc) is 2.08. The van der Waals surface area contributed by atoms with E-state index in [0.29, 0.717) is 0 Å². The predicted molar refractivity (Wildman–Crippen MR) is 41.4 cm³/mol. The van der Waals surface area contributed by atoms with E-state index >= 15 is 0 Å². The van der Waals surface area contributed by atoms with Crippen molar-refractivity contribution in [3.8, 4) is 0 Å². The molecule has 0 amide bonds. The van der Waals surface area contributed by atoms with Crippen molar-refractivity contribution in [2.24, 2.45) is 0 Å². The summed E-state index contributed by atoms with van der Waals surface area (Å²) in [4.78, 5) is 0. The van der Waals surface area contributed by atoms with Crippen LogP contribution in [-0.4, -0.2) is 56.9 Å². The molecule has 71 valence electrons. The lowest BCUT2D eigenvalue weighted by Crippen LogP contribution is -2.56. The first-order valence-corrected chi connectivity index (χ1v) is 4.01. The maximum absolute atomic E-state index is 9.18. The lowest BCUT2D eigenvalue weighted by Gasteiger charge is -2.37. The van der Waals surface area contributed by atoms with Crippen LogP contribution < -0.4 is 0 Å². The summed E-state index contributed by atoms with van der Waals surface area (Å²) in [5.74, 6) is 0. The van der Waals surface area contributed by atoms with Crippen LogP contribution in [0.25, 0.3) is 0 Å². The van der Waals surface area contributed by atoms with E-state index in [2.05, 4.69) is 12.6 Å². The Kier molecular flexibility index (Phi) is 3.33. The van der Waals surface area contributed by atoms with Gasteiger partial charge in [0.05, 0.1) is 6.61 Å². The Morgan fingerprint density at radius 1 is 1.08 bits per heavy atom. The van der Waals surface area contributed by atoms with E-state index in [0.717, 1.165) is 0 Å². The summed E-state index contributed by atoms with van der Waals surface area (Å²) in [7, 11) is 0. The van der Waals surface area contributed by atoms with Crippen molar-refractivity contribution in [2.45, 2.75) is 29.9 Å². The van der Waals surface area contributed by atoms with Crippen molar-refractivity contribution in [1.29, 1.82) is 0 Å². The molecule has 1 radical (unpaired) electrons. The largest absolute Gasteiger partial charge is 0.394 e. The fourth-order valence-electron chi connectivity index (χ4n) is 1.07. The number of hydrogen-bond donors (Lipinski definition) is 4. The summed E-state index contributed by atoms with van der Waals surface area (Å²) in [6, 6.07) is 0. The second-order valence-corrected chi connectivity index (χ2v) is 3.16. The molecule has 5 atom stereocenters. The van der Waals surface area contributed by atoms with Gasteiger partial charge >= 0.3 is 0 Å². The van der Waals surface area contributed by atoms with Gasteiger partial charge in [0.15, 0.2) is 0 Å². The van der Waals surface area contributed by atoms with Gasteiger partial charge in [0.2, 0.25) is 0 Å². The summed E-state index contributed by atoms with van der Waals surface area (Å²) in [6.07, 6.45) is -4.83. The van der Waals surface area contributed by atoms with E-state index in [9.17, 15) is 5.11 Å². The molecular formula is C6H11O5S. The van der Waals surface area contributed by atoms with Gasteiger partial charge < -0.3 is 25.2 Å². The highest BCUT2D eigenvalue weighted by Crippen LogP contribution is 2.22. The van der Waals surface area contributed by atoms with Crippen molar-refractivity contribution >= 4 is 12.6 Å². The molecule has 1 aliphatic rings. The van der Waals surface area contributed by atoms with Gasteiger partial charge in [0, 0.05) is 0 Å². The highest BCUT2D eigenvalue weighted by Gasteiger charge is 2.42. The third-order valence-corrected chi connectivity index (χ3v) is 2.24. The minimum atomic E-state index is -1.35. The van der Waals surface area contributed by atoms with Crippen molar-refractivity contribution < 1.29 is 25.2 Å². The highest BCUT2D eigenvalue weighted by atomic mass is 32.1. The second-order valence-electron chi connectivity index (χ2n) is 2.70. The van der Waals surface area contributed by atoms with Crippen molar-refractivity contribution in [3.63, 3.8) is 0 Å². The van der Waals surface area contributed by atoms with E-state index in [1.54, 1.807) is 0 Å². The normalized spacial score (nSPS) is 49.2. The summed E-state index contributed by atoms with van der Waals surface area (Å²) >= 11 is 4.63. The smallest absolute Gasteiger partial charge is 0.142 e. The van der Waals surface area contributed by atoms with E-state index < -0.39 is 36.5 Å². The molecule has 1 unspecified atom stereocenters. The predicted octanol–water partition coefficient (Wildman–Crippen LogP) is -2.02. The topological polar surface area (TPSA) is 90.2 Å². The van der Waals surface area contributed by atoms with Gasteiger partial charge in [-0.3, -0.25) is 0 Å². The molecule has 0 spiro atoms. The molecule has 6 heteroatoms. The zero-order chi connectivity index (χ0) is 9.30. The molecule has 1 rings (SSSR count). The van der Waals surface area contributed by atoms with E-state index in [-0.39, 0.29) is 0 Å². The molecular weight excluding hydrogens is 184 g/mol. The Balaban J connectivity index is 2.63. The monoisotopic (exact) mass is 195 g/mol. The molecule has 0 aromatic rings. The van der Waals surface area contributed by atoms with Gasteiger partial charge in [-0.2, -0.15) is 0 Å². The maximum atomic E-state index is 9.18. The van der Waals surface area contributed by atoms with Crippen molar-refractivity contribution in [2.75, 3.05) is 6.61 Å². The molecule has 0 saturated carbocycles. The number of aliphatic hydroxyl groups excluding tert-OH is 4. The Hall–Kier alpha value is 0.150. The Labute approximate surface area is 75.0 Å². The minimum absolute atomic E-state index is 0.432. The molecule has 0 aromatic carbocycles. The molecule has 1 fully saturated rings. The highest BCUT2D eigenvalue weighted by molar-refractivity contribution is 7.80. The fraction of sp³-hybridized carbons (Fsp3) is 1.00. The van der Waals surface area contributed by atoms with Crippen LogP contribution in [-0.2, 0) is 4.74 Å². The zero-order valence-corrected chi connectivity index (χ0v) is 7.02. The summed E-state index contributed by atoms with van der Waals surface area (Å²) < 4.78 is 4.84. The van der Waals surface area contributed by atoms with Crippen LogP contribution in [0.5, 0.6) is 0 Å². The molecule has 0 aromatic heterocycles. The van der Waals surface area contributed by atoms with Gasteiger partial charge in [-0.25, -0.2) is 0 Å². The third kappa shape index (κ3) is 1.73. The van der Waals surface area contributed by atoms with Crippen LogP contribution in [0, 0.1) is 0 Å². The molecule has 0 aliphatic carbocycles. The quantitative estimate of drug-likeness (QED) is 0.388. The number of ether oxygens (including phenoxy) is 1. The summed E-state index contributed by atoms with van der Waals surface area (Å²) in [6.45, 7) is -0.432. The molecule has 0 bridgehead atoms. The maximum Gasteiger partial charge on any atom is 0.142 e. The summed E-state index contributed by atoms with van der Waals surface area (Å²) in [5.41, 5.74) is -0.986. The standard InChI is InChI=1S/C6H11O5S/c7-1-2-3(8)4(9)5(10)6(12)11-2/h2-10H,1H2/t2-,3+,4+,5-,6?/m1/s1. The lowest BCUT2D eigenvalue weighted by atomic mass is 10.0. The molecule has 4 N–H and O–H groups in total. The molecule has 12 heavy (non-hydrogen) atoms. The molecule has 5 nitrogen and oxygen atoms in total. The first-order chi connectivity index (χ1) is 5.57. The van der Waals surface area contributed by atoms with Crippen LogP contribution >= 0.6 is 12.6 Å². The van der Waals surface area contributed by atoms with Gasteiger partial charge in [-0.15, -0.1) is 0 Å². The number of rotatable bonds is 1. The van der Waals surface area contributed by atoms with Crippen LogP contribution in [0.15, 0.2) is 0 Å². The second kappa shape index (κ2) is 3.91. The molecule has 1 aliphatic heterocycles. The fourth-order valence-corrected chi connectivity index (χ4v) is 1.37. The van der Waals surface area contributed by atoms with Gasteiger partial charge in [0.25, 0.3) is 0 Å². The number of aliphatic hydroxyl groups is 4. The Bertz CT molecular complexity index is 150. The summed E-state index contributed by atoms with van der Waals surface area (Å²) in [5, 5.41) is 36.1. The SMILES string of the molecule is OC[C@H]1OC([S])[C@H](O)[C@@H](O)[C@H]1O. The Morgan fingerprint density at radius 2 is 1.67 bits per heavy atom. The first kappa shape index (κ1) is 10.2. The van der Waals surface area contributed by atoms with Crippen LogP contribution in [0.2, 0.25) is 0 Å². The van der Waals surface area contributed by atoms with Gasteiger partial charge in [0.1, 0.15) is 29.9 Å². The van der Waals surface area contributed by atoms with Crippen molar-refractivity contribution in [3.05, 3.63) is 0 Å². The van der Waals surface area contributed by atoms with Crippen molar-refractivity contribution in [1.82, 2.24) is 0 Å².